The molecule has 0 aliphatic carbocycles. The van der Waals surface area contributed by atoms with Crippen LogP contribution in [0.15, 0.2) is 30.3 Å². The van der Waals surface area contributed by atoms with Gasteiger partial charge in [-0.05, 0) is 37.8 Å². The third kappa shape index (κ3) is 5.17. The van der Waals surface area contributed by atoms with Crippen LogP contribution in [-0.4, -0.2) is 29.9 Å². The highest BCUT2D eigenvalue weighted by Gasteiger charge is 2.21. The molecule has 2 unspecified atom stereocenters. The predicted octanol–water partition coefficient (Wildman–Crippen LogP) is 1.89. The molecule has 0 bridgehead atoms. The van der Waals surface area contributed by atoms with E-state index in [1.807, 2.05) is 44.2 Å². The minimum Gasteiger partial charge on any atom is -0.396 e. The molecule has 0 fully saturated rings. The maximum absolute atomic E-state index is 10.3. The van der Waals surface area contributed by atoms with Crippen LogP contribution < -0.4 is 5.32 Å². The zero-order valence-corrected chi connectivity index (χ0v) is 11.4. The Kier molecular flexibility index (Phi) is 6.33. The fraction of sp³-hybridized carbons (Fsp3) is 0.600. The van der Waals surface area contributed by atoms with E-state index >= 15 is 0 Å². The smallest absolute Gasteiger partial charge is 0.0992 e. The van der Waals surface area contributed by atoms with E-state index in [0.717, 1.165) is 24.9 Å². The number of benzene rings is 1. The zero-order chi connectivity index (χ0) is 13.4. The van der Waals surface area contributed by atoms with Crippen LogP contribution in [0.5, 0.6) is 0 Å². The van der Waals surface area contributed by atoms with Crippen molar-refractivity contribution >= 4 is 0 Å². The van der Waals surface area contributed by atoms with Crippen molar-refractivity contribution in [3.63, 3.8) is 0 Å². The molecule has 0 aromatic heterocycles. The van der Waals surface area contributed by atoms with E-state index in [4.69, 9.17) is 5.11 Å². The first-order valence-electron chi connectivity index (χ1n) is 6.66. The molecule has 18 heavy (non-hydrogen) atoms. The zero-order valence-electron chi connectivity index (χ0n) is 11.4. The van der Waals surface area contributed by atoms with E-state index in [9.17, 15) is 5.11 Å². The maximum atomic E-state index is 10.3. The summed E-state index contributed by atoms with van der Waals surface area (Å²) in [7, 11) is 0. The van der Waals surface area contributed by atoms with Crippen molar-refractivity contribution < 1.29 is 10.2 Å². The van der Waals surface area contributed by atoms with Gasteiger partial charge in [0.2, 0.25) is 0 Å². The standard InChI is InChI=1S/C15H25NO2/c1-13(11-17)7-6-10-16-12-15(2,18)14-8-4-3-5-9-14/h3-5,8-9,13,16-18H,6-7,10-12H2,1-2H3. The SMILES string of the molecule is CC(CO)CCCNCC(C)(O)c1ccccc1. The summed E-state index contributed by atoms with van der Waals surface area (Å²) in [6.45, 7) is 5.53. The Morgan fingerprint density at radius 3 is 2.56 bits per heavy atom. The van der Waals surface area contributed by atoms with Gasteiger partial charge in [-0.2, -0.15) is 0 Å². The Labute approximate surface area is 110 Å². The lowest BCUT2D eigenvalue weighted by molar-refractivity contribution is 0.0569. The Balaban J connectivity index is 2.26. The van der Waals surface area contributed by atoms with Gasteiger partial charge in [0.1, 0.15) is 0 Å². The summed E-state index contributed by atoms with van der Waals surface area (Å²) in [5, 5.41) is 22.5. The van der Waals surface area contributed by atoms with Crippen LogP contribution in [0.4, 0.5) is 0 Å². The molecule has 2 atom stereocenters. The summed E-state index contributed by atoms with van der Waals surface area (Å²) in [5.74, 6) is 0.362. The molecule has 1 aromatic rings. The molecule has 0 aliphatic heterocycles. The van der Waals surface area contributed by atoms with E-state index in [1.54, 1.807) is 0 Å². The Morgan fingerprint density at radius 1 is 1.28 bits per heavy atom. The van der Waals surface area contributed by atoms with Gasteiger partial charge in [-0.1, -0.05) is 37.3 Å². The average Bonchev–Trinajstić information content (AvgIpc) is 2.39. The first-order chi connectivity index (χ1) is 8.56. The van der Waals surface area contributed by atoms with E-state index < -0.39 is 5.60 Å². The summed E-state index contributed by atoms with van der Waals surface area (Å²) in [6, 6.07) is 9.70. The Hall–Kier alpha value is -0.900. The molecule has 1 aromatic carbocycles. The fourth-order valence-corrected chi connectivity index (χ4v) is 1.90. The summed E-state index contributed by atoms with van der Waals surface area (Å²) < 4.78 is 0. The van der Waals surface area contributed by atoms with Gasteiger partial charge in [-0.3, -0.25) is 0 Å². The molecule has 3 N–H and O–H groups in total. The van der Waals surface area contributed by atoms with Crippen molar-refractivity contribution in [1.82, 2.24) is 5.32 Å². The second kappa shape index (κ2) is 7.52. The van der Waals surface area contributed by atoms with Crippen LogP contribution in [0.3, 0.4) is 0 Å². The number of hydrogen-bond donors (Lipinski definition) is 3. The van der Waals surface area contributed by atoms with E-state index in [-0.39, 0.29) is 6.61 Å². The Bertz CT molecular complexity index is 325. The topological polar surface area (TPSA) is 52.5 Å². The maximum Gasteiger partial charge on any atom is 0.0992 e. The number of aliphatic hydroxyl groups is 2. The molecule has 3 heteroatoms. The molecule has 0 radical (unpaired) electrons. The fourth-order valence-electron chi connectivity index (χ4n) is 1.90. The molecular formula is C15H25NO2. The largest absolute Gasteiger partial charge is 0.396 e. The van der Waals surface area contributed by atoms with Gasteiger partial charge >= 0.3 is 0 Å². The van der Waals surface area contributed by atoms with Crippen molar-refractivity contribution in [2.75, 3.05) is 19.7 Å². The van der Waals surface area contributed by atoms with Crippen molar-refractivity contribution in [2.24, 2.45) is 5.92 Å². The normalized spacial score (nSPS) is 16.2. The lowest BCUT2D eigenvalue weighted by Crippen LogP contribution is -2.35. The predicted molar refractivity (Wildman–Crippen MR) is 74.4 cm³/mol. The van der Waals surface area contributed by atoms with Gasteiger partial charge in [-0.25, -0.2) is 0 Å². The van der Waals surface area contributed by atoms with Gasteiger partial charge in [-0.15, -0.1) is 0 Å². The van der Waals surface area contributed by atoms with Crippen LogP contribution in [0, 0.1) is 5.92 Å². The summed E-state index contributed by atoms with van der Waals surface area (Å²) in [4.78, 5) is 0. The van der Waals surface area contributed by atoms with Crippen molar-refractivity contribution in [3.8, 4) is 0 Å². The minimum atomic E-state index is -0.830. The summed E-state index contributed by atoms with van der Waals surface area (Å²) >= 11 is 0. The van der Waals surface area contributed by atoms with Crippen LogP contribution in [0.2, 0.25) is 0 Å². The van der Waals surface area contributed by atoms with Gasteiger partial charge < -0.3 is 15.5 Å². The van der Waals surface area contributed by atoms with Crippen molar-refractivity contribution in [1.29, 1.82) is 0 Å². The first-order valence-corrected chi connectivity index (χ1v) is 6.66. The van der Waals surface area contributed by atoms with Gasteiger partial charge in [0, 0.05) is 13.2 Å². The highest BCUT2D eigenvalue weighted by molar-refractivity contribution is 5.21. The van der Waals surface area contributed by atoms with Gasteiger partial charge in [0.15, 0.2) is 0 Å². The highest BCUT2D eigenvalue weighted by Crippen LogP contribution is 2.18. The third-order valence-corrected chi connectivity index (χ3v) is 3.23. The molecule has 0 amide bonds. The monoisotopic (exact) mass is 251 g/mol. The van der Waals surface area contributed by atoms with Crippen LogP contribution in [0.1, 0.15) is 32.3 Å². The van der Waals surface area contributed by atoms with E-state index in [0.29, 0.717) is 12.5 Å². The molecule has 0 aliphatic rings. The van der Waals surface area contributed by atoms with Crippen LogP contribution >= 0.6 is 0 Å². The van der Waals surface area contributed by atoms with E-state index in [2.05, 4.69) is 5.32 Å². The molecule has 1 rings (SSSR count). The molecule has 0 spiro atoms. The molecule has 0 saturated heterocycles. The molecule has 102 valence electrons. The number of hydrogen-bond acceptors (Lipinski definition) is 3. The molecule has 3 nitrogen and oxygen atoms in total. The lowest BCUT2D eigenvalue weighted by atomic mass is 9.96. The highest BCUT2D eigenvalue weighted by atomic mass is 16.3. The number of rotatable bonds is 8. The quantitative estimate of drug-likeness (QED) is 0.618. The van der Waals surface area contributed by atoms with Crippen molar-refractivity contribution in [2.45, 2.75) is 32.3 Å². The summed E-state index contributed by atoms with van der Waals surface area (Å²) in [5.41, 5.74) is 0.102. The lowest BCUT2D eigenvalue weighted by Gasteiger charge is -2.24. The molecule has 0 saturated carbocycles. The minimum absolute atomic E-state index is 0.252. The molecular weight excluding hydrogens is 226 g/mol. The van der Waals surface area contributed by atoms with Crippen LogP contribution in [0.25, 0.3) is 0 Å². The number of aliphatic hydroxyl groups excluding tert-OH is 1. The van der Waals surface area contributed by atoms with Gasteiger partial charge in [0.05, 0.1) is 5.60 Å². The number of nitrogens with one attached hydrogen (secondary N) is 1. The van der Waals surface area contributed by atoms with Gasteiger partial charge in [0.25, 0.3) is 0 Å². The van der Waals surface area contributed by atoms with Crippen molar-refractivity contribution in [3.05, 3.63) is 35.9 Å². The first kappa shape index (κ1) is 15.2. The molecule has 0 heterocycles. The summed E-state index contributed by atoms with van der Waals surface area (Å²) in [6.07, 6.45) is 2.03. The van der Waals surface area contributed by atoms with E-state index in [1.165, 1.54) is 0 Å². The second-order valence-corrected chi connectivity index (χ2v) is 5.25. The third-order valence-electron chi connectivity index (χ3n) is 3.23. The Morgan fingerprint density at radius 2 is 1.94 bits per heavy atom. The van der Waals surface area contributed by atoms with Crippen LogP contribution in [-0.2, 0) is 5.60 Å². The average molecular weight is 251 g/mol. The second-order valence-electron chi connectivity index (χ2n) is 5.25.